The van der Waals surface area contributed by atoms with Crippen molar-refractivity contribution in [3.63, 3.8) is 0 Å². The summed E-state index contributed by atoms with van der Waals surface area (Å²) >= 11 is 0. The second kappa shape index (κ2) is 6.89. The number of piperidine rings is 1. The molecule has 1 saturated heterocycles. The van der Waals surface area contributed by atoms with E-state index in [1.165, 1.54) is 41.5 Å². The summed E-state index contributed by atoms with van der Waals surface area (Å²) in [6, 6.07) is 8.82. The van der Waals surface area contributed by atoms with Crippen LogP contribution >= 0.6 is 0 Å². The number of hydrogen-bond donors (Lipinski definition) is 0. The zero-order valence-corrected chi connectivity index (χ0v) is 16.5. The first-order valence-electron chi connectivity index (χ1n) is 10.1. The second-order valence-corrected chi connectivity index (χ2v) is 7.84. The van der Waals surface area contributed by atoms with Crippen LogP contribution in [0.5, 0.6) is 0 Å². The Bertz CT molecular complexity index is 1060. The van der Waals surface area contributed by atoms with Crippen molar-refractivity contribution >= 4 is 11.5 Å². The van der Waals surface area contributed by atoms with E-state index in [4.69, 9.17) is 4.99 Å². The molecule has 5 nitrogen and oxygen atoms in total. The van der Waals surface area contributed by atoms with Gasteiger partial charge in [0.25, 0.3) is 0 Å². The summed E-state index contributed by atoms with van der Waals surface area (Å²) in [5.74, 6) is 1.08. The Morgan fingerprint density at radius 1 is 0.964 bits per heavy atom. The minimum Gasteiger partial charge on any atom is -0.357 e. The first-order chi connectivity index (χ1) is 13.7. The highest BCUT2D eigenvalue weighted by Crippen LogP contribution is 2.32. The molecule has 0 atom stereocenters. The molecule has 5 heteroatoms. The molecule has 0 spiro atoms. The fourth-order valence-corrected chi connectivity index (χ4v) is 4.33. The predicted octanol–water partition coefficient (Wildman–Crippen LogP) is 4.13. The van der Waals surface area contributed by atoms with Gasteiger partial charge in [0.2, 0.25) is 0 Å². The van der Waals surface area contributed by atoms with E-state index in [9.17, 15) is 0 Å². The van der Waals surface area contributed by atoms with E-state index >= 15 is 0 Å². The maximum atomic E-state index is 4.91. The standard InChI is InChI=1S/C23H25N5/c1-16-10-18(19-13-26-27(2)15-19)11-20-21(16)14-25-23(20)17-6-7-24-22(12-17)28-8-4-3-5-9-28/h6-7,10-13,15H,3-5,8-9,14H2,1-2H3. The van der Waals surface area contributed by atoms with E-state index in [1.54, 1.807) is 0 Å². The summed E-state index contributed by atoms with van der Waals surface area (Å²) < 4.78 is 1.85. The molecule has 5 rings (SSSR count). The van der Waals surface area contributed by atoms with E-state index in [0.29, 0.717) is 0 Å². The molecular weight excluding hydrogens is 346 g/mol. The van der Waals surface area contributed by atoms with Gasteiger partial charge >= 0.3 is 0 Å². The molecule has 0 amide bonds. The molecule has 4 heterocycles. The Labute approximate surface area is 165 Å². The topological polar surface area (TPSA) is 46.3 Å². The van der Waals surface area contributed by atoms with Crippen LogP contribution in [0.15, 0.2) is 47.8 Å². The Morgan fingerprint density at radius 2 is 1.82 bits per heavy atom. The lowest BCUT2D eigenvalue weighted by Gasteiger charge is -2.28. The molecule has 1 fully saturated rings. The quantitative estimate of drug-likeness (QED) is 0.695. The number of nitrogens with zero attached hydrogens (tertiary/aromatic N) is 5. The third-order valence-electron chi connectivity index (χ3n) is 5.86. The first-order valence-corrected chi connectivity index (χ1v) is 10.1. The highest BCUT2D eigenvalue weighted by atomic mass is 15.2. The van der Waals surface area contributed by atoms with Crippen LogP contribution in [-0.4, -0.2) is 33.6 Å². The summed E-state index contributed by atoms with van der Waals surface area (Å²) in [6.45, 7) is 5.14. The Kier molecular flexibility index (Phi) is 4.23. The average Bonchev–Trinajstić information content (AvgIpc) is 3.35. The maximum Gasteiger partial charge on any atom is 0.129 e. The van der Waals surface area contributed by atoms with Gasteiger partial charge in [-0.1, -0.05) is 6.07 Å². The summed E-state index contributed by atoms with van der Waals surface area (Å²) in [5, 5.41) is 4.33. The molecule has 0 radical (unpaired) electrons. The smallest absolute Gasteiger partial charge is 0.129 e. The van der Waals surface area contributed by atoms with Crippen molar-refractivity contribution in [2.24, 2.45) is 12.0 Å². The van der Waals surface area contributed by atoms with Crippen molar-refractivity contribution in [2.45, 2.75) is 32.7 Å². The van der Waals surface area contributed by atoms with Crippen LogP contribution < -0.4 is 4.90 Å². The van der Waals surface area contributed by atoms with Gasteiger partial charge in [-0.25, -0.2) is 4.98 Å². The third kappa shape index (κ3) is 3.01. The zero-order valence-electron chi connectivity index (χ0n) is 16.5. The van der Waals surface area contributed by atoms with Crippen LogP contribution in [0.4, 0.5) is 5.82 Å². The fourth-order valence-electron chi connectivity index (χ4n) is 4.33. The van der Waals surface area contributed by atoms with E-state index in [0.717, 1.165) is 42.3 Å². The van der Waals surface area contributed by atoms with E-state index in [1.807, 2.05) is 24.1 Å². The van der Waals surface area contributed by atoms with Gasteiger partial charge in [-0.3, -0.25) is 9.67 Å². The van der Waals surface area contributed by atoms with E-state index < -0.39 is 0 Å². The molecule has 0 saturated carbocycles. The van der Waals surface area contributed by atoms with Gasteiger partial charge in [-0.15, -0.1) is 0 Å². The van der Waals surface area contributed by atoms with Crippen molar-refractivity contribution in [3.05, 3.63) is 65.1 Å². The van der Waals surface area contributed by atoms with Gasteiger partial charge in [-0.05, 0) is 61.1 Å². The van der Waals surface area contributed by atoms with Gasteiger partial charge in [-0.2, -0.15) is 5.10 Å². The van der Waals surface area contributed by atoms with Gasteiger partial charge in [0.05, 0.1) is 18.5 Å². The van der Waals surface area contributed by atoms with Crippen LogP contribution in [0.3, 0.4) is 0 Å². The van der Waals surface area contributed by atoms with Gasteiger partial charge < -0.3 is 4.90 Å². The SMILES string of the molecule is Cc1cc(-c2cnn(C)c2)cc2c1CN=C2c1ccnc(N2CCCCC2)c1. The molecule has 0 aliphatic carbocycles. The second-order valence-electron chi connectivity index (χ2n) is 7.84. The minimum absolute atomic E-state index is 0.755. The normalized spacial score (nSPS) is 16.2. The highest BCUT2D eigenvalue weighted by Gasteiger charge is 2.22. The average molecular weight is 371 g/mol. The largest absolute Gasteiger partial charge is 0.357 e. The van der Waals surface area contributed by atoms with Crippen LogP contribution in [0.1, 0.15) is 41.5 Å². The van der Waals surface area contributed by atoms with Crippen molar-refractivity contribution in [1.29, 1.82) is 0 Å². The van der Waals surface area contributed by atoms with E-state index in [-0.39, 0.29) is 0 Å². The molecule has 0 bridgehead atoms. The zero-order chi connectivity index (χ0) is 19.1. The molecule has 3 aromatic rings. The lowest BCUT2D eigenvalue weighted by atomic mass is 9.93. The number of pyridine rings is 1. The van der Waals surface area contributed by atoms with Crippen molar-refractivity contribution in [3.8, 4) is 11.1 Å². The van der Waals surface area contributed by atoms with E-state index in [2.05, 4.69) is 52.4 Å². The first kappa shape index (κ1) is 17.2. The molecule has 2 aromatic heterocycles. The number of hydrogen-bond acceptors (Lipinski definition) is 4. The lowest BCUT2D eigenvalue weighted by Crippen LogP contribution is -2.30. The molecule has 1 aromatic carbocycles. The number of fused-ring (bicyclic) bond motifs is 1. The van der Waals surface area contributed by atoms with Crippen molar-refractivity contribution in [2.75, 3.05) is 18.0 Å². The van der Waals surface area contributed by atoms with Crippen LogP contribution in [0.25, 0.3) is 11.1 Å². The van der Waals surface area contributed by atoms with Crippen LogP contribution in [0.2, 0.25) is 0 Å². The number of aromatic nitrogens is 3. The monoisotopic (exact) mass is 371 g/mol. The fraction of sp³-hybridized carbons (Fsp3) is 0.348. The third-order valence-corrected chi connectivity index (χ3v) is 5.86. The number of benzene rings is 1. The Balaban J connectivity index is 1.53. The maximum absolute atomic E-state index is 4.91. The molecule has 0 unspecified atom stereocenters. The minimum atomic E-state index is 0.755. The van der Waals surface area contributed by atoms with Crippen LogP contribution in [0, 0.1) is 6.92 Å². The van der Waals surface area contributed by atoms with Crippen molar-refractivity contribution < 1.29 is 0 Å². The summed E-state index contributed by atoms with van der Waals surface area (Å²) in [6.07, 6.45) is 9.75. The van der Waals surface area contributed by atoms with Crippen LogP contribution in [-0.2, 0) is 13.6 Å². The number of rotatable bonds is 3. The number of anilines is 1. The van der Waals surface area contributed by atoms with Gasteiger partial charge in [0.1, 0.15) is 5.82 Å². The molecule has 2 aliphatic heterocycles. The molecule has 28 heavy (non-hydrogen) atoms. The molecule has 2 aliphatic rings. The Hall–Kier alpha value is -2.95. The summed E-state index contributed by atoms with van der Waals surface area (Å²) in [5.41, 5.74) is 8.46. The number of aryl methyl sites for hydroxylation is 2. The lowest BCUT2D eigenvalue weighted by molar-refractivity contribution is 0.573. The molecule has 142 valence electrons. The summed E-state index contributed by atoms with van der Waals surface area (Å²) in [7, 11) is 1.95. The van der Waals surface area contributed by atoms with Gasteiger partial charge in [0, 0.05) is 49.2 Å². The van der Waals surface area contributed by atoms with Crippen molar-refractivity contribution in [1.82, 2.24) is 14.8 Å². The molecule has 0 N–H and O–H groups in total. The summed E-state index contributed by atoms with van der Waals surface area (Å²) in [4.78, 5) is 11.9. The Morgan fingerprint density at radius 3 is 2.61 bits per heavy atom. The number of aliphatic imine (C=N–C) groups is 1. The highest BCUT2D eigenvalue weighted by molar-refractivity contribution is 6.16. The predicted molar refractivity (Wildman–Crippen MR) is 113 cm³/mol. The van der Waals surface area contributed by atoms with Gasteiger partial charge in [0.15, 0.2) is 0 Å². The molecular formula is C23H25N5.